The largest absolute Gasteiger partial charge is 0.350 e. The second kappa shape index (κ2) is 6.01. The lowest BCUT2D eigenvalue weighted by Gasteiger charge is -2.43. The van der Waals surface area contributed by atoms with Crippen LogP contribution in [0, 0.1) is 20.8 Å². The Balaban J connectivity index is 1.72. The van der Waals surface area contributed by atoms with Crippen LogP contribution in [0.25, 0.3) is 0 Å². The van der Waals surface area contributed by atoms with Gasteiger partial charge in [0.15, 0.2) is 5.79 Å². The van der Waals surface area contributed by atoms with Gasteiger partial charge in [0.1, 0.15) is 0 Å². The molecule has 1 aromatic carbocycles. The molecule has 1 spiro atoms. The third kappa shape index (κ3) is 2.90. The smallest absolute Gasteiger partial charge is 0.254 e. The summed E-state index contributed by atoms with van der Waals surface area (Å²) in [6, 6.07) is 4.16. The summed E-state index contributed by atoms with van der Waals surface area (Å²) < 4.78 is 11.7. The summed E-state index contributed by atoms with van der Waals surface area (Å²) in [6.07, 6.45) is 2.50. The zero-order valence-corrected chi connectivity index (χ0v) is 13.8. The Kier molecular flexibility index (Phi) is 4.24. The van der Waals surface area contributed by atoms with Gasteiger partial charge in [-0.05, 0) is 38.3 Å². The van der Waals surface area contributed by atoms with Crippen LogP contribution in [0.3, 0.4) is 0 Å². The highest BCUT2D eigenvalue weighted by atomic mass is 16.7. The van der Waals surface area contributed by atoms with Crippen LogP contribution < -0.4 is 0 Å². The van der Waals surface area contributed by atoms with E-state index in [1.165, 1.54) is 5.56 Å². The summed E-state index contributed by atoms with van der Waals surface area (Å²) in [5, 5.41) is 0. The lowest BCUT2D eigenvalue weighted by molar-refractivity contribution is -0.281. The molecule has 0 aliphatic carbocycles. The van der Waals surface area contributed by atoms with Crippen LogP contribution in [0.5, 0.6) is 0 Å². The van der Waals surface area contributed by atoms with Gasteiger partial charge in [-0.3, -0.25) is 4.79 Å². The molecule has 4 heteroatoms. The van der Waals surface area contributed by atoms with Crippen molar-refractivity contribution in [2.45, 2.75) is 45.8 Å². The monoisotopic (exact) mass is 303 g/mol. The number of nitrogens with zero attached hydrogens (tertiary/aromatic N) is 1. The van der Waals surface area contributed by atoms with E-state index in [4.69, 9.17) is 9.47 Å². The van der Waals surface area contributed by atoms with Crippen LogP contribution in [0.1, 0.15) is 46.3 Å². The quantitative estimate of drug-likeness (QED) is 0.800. The summed E-state index contributed by atoms with van der Waals surface area (Å²) in [5.41, 5.74) is 4.18. The first-order valence-electron chi connectivity index (χ1n) is 8.16. The molecular formula is C18H25NO3. The first-order valence-corrected chi connectivity index (χ1v) is 8.16. The van der Waals surface area contributed by atoms with E-state index in [0.29, 0.717) is 13.1 Å². The molecule has 2 heterocycles. The average molecular weight is 303 g/mol. The van der Waals surface area contributed by atoms with Crippen molar-refractivity contribution < 1.29 is 14.3 Å². The molecule has 4 nitrogen and oxygen atoms in total. The fraction of sp³-hybridized carbons (Fsp3) is 0.611. The number of likely N-dealkylation sites (tertiary alicyclic amines) is 1. The van der Waals surface area contributed by atoms with E-state index in [1.807, 2.05) is 18.7 Å². The predicted octanol–water partition coefficient (Wildman–Crippen LogP) is 2.98. The Hall–Kier alpha value is -1.39. The van der Waals surface area contributed by atoms with Crippen LogP contribution in [0.4, 0.5) is 0 Å². The molecule has 2 saturated heterocycles. The molecule has 3 rings (SSSR count). The van der Waals surface area contributed by atoms with E-state index >= 15 is 0 Å². The topological polar surface area (TPSA) is 38.8 Å². The van der Waals surface area contributed by atoms with E-state index in [9.17, 15) is 4.79 Å². The number of hydrogen-bond donors (Lipinski definition) is 0. The van der Waals surface area contributed by atoms with E-state index < -0.39 is 5.79 Å². The Morgan fingerprint density at radius 3 is 2.14 bits per heavy atom. The molecule has 120 valence electrons. The third-order valence-corrected chi connectivity index (χ3v) is 4.72. The maximum absolute atomic E-state index is 12.9. The maximum Gasteiger partial charge on any atom is 0.254 e. The molecule has 0 bridgehead atoms. The second-order valence-corrected chi connectivity index (χ2v) is 6.53. The van der Waals surface area contributed by atoms with Crippen LogP contribution in [-0.2, 0) is 9.47 Å². The van der Waals surface area contributed by atoms with Gasteiger partial charge < -0.3 is 14.4 Å². The number of ether oxygens (including phenoxy) is 2. The number of carbonyl (C=O) groups excluding carboxylic acids is 1. The summed E-state index contributed by atoms with van der Waals surface area (Å²) in [6.45, 7) is 9.04. The van der Waals surface area contributed by atoms with Crippen molar-refractivity contribution in [3.05, 3.63) is 34.4 Å². The molecule has 0 atom stereocenters. The fourth-order valence-electron chi connectivity index (χ4n) is 3.63. The summed E-state index contributed by atoms with van der Waals surface area (Å²) in [4.78, 5) is 14.8. The SMILES string of the molecule is Cc1cc(C)c(C(=O)N2CCC3(CC2)OCCCO3)c(C)c1. The molecule has 0 N–H and O–H groups in total. The molecule has 2 aliphatic rings. The lowest BCUT2D eigenvalue weighted by atomic mass is 9.96. The Bertz CT molecular complexity index is 543. The Morgan fingerprint density at radius 1 is 1.05 bits per heavy atom. The predicted molar refractivity (Wildman–Crippen MR) is 85.0 cm³/mol. The molecular weight excluding hydrogens is 278 g/mol. The van der Waals surface area contributed by atoms with Crippen molar-refractivity contribution in [3.8, 4) is 0 Å². The summed E-state index contributed by atoms with van der Waals surface area (Å²) in [7, 11) is 0. The van der Waals surface area contributed by atoms with Gasteiger partial charge in [0.2, 0.25) is 0 Å². The van der Waals surface area contributed by atoms with Gasteiger partial charge in [0, 0.05) is 31.5 Å². The molecule has 1 aromatic rings. The van der Waals surface area contributed by atoms with Crippen molar-refractivity contribution in [2.75, 3.05) is 26.3 Å². The lowest BCUT2D eigenvalue weighted by Crippen LogP contribution is -2.51. The van der Waals surface area contributed by atoms with Gasteiger partial charge in [0.25, 0.3) is 5.91 Å². The maximum atomic E-state index is 12.9. The fourth-order valence-corrected chi connectivity index (χ4v) is 3.63. The molecule has 0 radical (unpaired) electrons. The molecule has 0 unspecified atom stereocenters. The Labute approximate surface area is 132 Å². The minimum absolute atomic E-state index is 0.139. The van der Waals surface area contributed by atoms with Gasteiger partial charge in [0.05, 0.1) is 13.2 Å². The average Bonchev–Trinajstić information content (AvgIpc) is 2.47. The van der Waals surface area contributed by atoms with E-state index in [-0.39, 0.29) is 5.91 Å². The van der Waals surface area contributed by atoms with Crippen molar-refractivity contribution in [1.82, 2.24) is 4.90 Å². The van der Waals surface area contributed by atoms with Gasteiger partial charge in [-0.1, -0.05) is 17.7 Å². The van der Waals surface area contributed by atoms with Crippen LogP contribution >= 0.6 is 0 Å². The number of hydrogen-bond acceptors (Lipinski definition) is 3. The first kappa shape index (κ1) is 15.5. The molecule has 0 saturated carbocycles. The minimum Gasteiger partial charge on any atom is -0.350 e. The minimum atomic E-state index is -0.438. The van der Waals surface area contributed by atoms with Crippen molar-refractivity contribution in [3.63, 3.8) is 0 Å². The molecule has 22 heavy (non-hydrogen) atoms. The van der Waals surface area contributed by atoms with E-state index in [0.717, 1.165) is 49.2 Å². The first-order chi connectivity index (χ1) is 10.5. The normalized spacial score (nSPS) is 21.1. The number of amides is 1. The van der Waals surface area contributed by atoms with E-state index in [2.05, 4.69) is 19.1 Å². The highest BCUT2D eigenvalue weighted by Gasteiger charge is 2.39. The highest BCUT2D eigenvalue weighted by Crippen LogP contribution is 2.31. The standard InChI is InChI=1S/C18H25NO3/c1-13-11-14(2)16(15(3)12-13)17(20)19-7-5-18(6-8-19)21-9-4-10-22-18/h11-12H,4-10H2,1-3H3. The zero-order chi connectivity index (χ0) is 15.7. The van der Waals surface area contributed by atoms with Crippen molar-refractivity contribution >= 4 is 5.91 Å². The third-order valence-electron chi connectivity index (χ3n) is 4.72. The summed E-state index contributed by atoms with van der Waals surface area (Å²) >= 11 is 0. The van der Waals surface area contributed by atoms with Crippen LogP contribution in [0.2, 0.25) is 0 Å². The highest BCUT2D eigenvalue weighted by molar-refractivity contribution is 5.97. The second-order valence-electron chi connectivity index (χ2n) is 6.53. The molecule has 1 amide bonds. The summed E-state index contributed by atoms with van der Waals surface area (Å²) in [5.74, 6) is -0.299. The van der Waals surface area contributed by atoms with Gasteiger partial charge in [-0.2, -0.15) is 0 Å². The van der Waals surface area contributed by atoms with Crippen LogP contribution in [-0.4, -0.2) is 42.9 Å². The van der Waals surface area contributed by atoms with Gasteiger partial charge in [-0.15, -0.1) is 0 Å². The van der Waals surface area contributed by atoms with E-state index in [1.54, 1.807) is 0 Å². The van der Waals surface area contributed by atoms with Crippen LogP contribution in [0.15, 0.2) is 12.1 Å². The molecule has 0 aromatic heterocycles. The number of aryl methyl sites for hydroxylation is 3. The van der Waals surface area contributed by atoms with Crippen molar-refractivity contribution in [2.24, 2.45) is 0 Å². The van der Waals surface area contributed by atoms with Crippen molar-refractivity contribution in [1.29, 1.82) is 0 Å². The number of carbonyl (C=O) groups is 1. The van der Waals surface area contributed by atoms with Gasteiger partial charge in [-0.25, -0.2) is 0 Å². The van der Waals surface area contributed by atoms with Gasteiger partial charge >= 0.3 is 0 Å². The number of benzene rings is 1. The molecule has 2 aliphatic heterocycles. The number of piperidine rings is 1. The Morgan fingerprint density at radius 2 is 1.59 bits per heavy atom. The zero-order valence-electron chi connectivity index (χ0n) is 13.8. The number of rotatable bonds is 1. The molecule has 2 fully saturated rings.